The van der Waals surface area contributed by atoms with Crippen molar-refractivity contribution in [3.63, 3.8) is 0 Å². The molecule has 1 aromatic carbocycles. The molecule has 2 aromatic heterocycles. The van der Waals surface area contributed by atoms with Gasteiger partial charge < -0.3 is 9.14 Å². The van der Waals surface area contributed by atoms with Crippen molar-refractivity contribution >= 4 is 43.2 Å². The zero-order valence-corrected chi connectivity index (χ0v) is 23.0. The van der Waals surface area contributed by atoms with Gasteiger partial charge in [0.15, 0.2) is 0 Å². The molecule has 2 heterocycles. The number of aromatic nitrogens is 1. The monoisotopic (exact) mass is 576 g/mol. The Balaban J connectivity index is 1.73. The fraction of sp³-hybridized carbons (Fsp3) is 0.444. The van der Waals surface area contributed by atoms with Crippen molar-refractivity contribution in [3.05, 3.63) is 68.4 Å². The molecule has 0 radical (unpaired) electrons. The Morgan fingerprint density at radius 1 is 1.00 bits per heavy atom. The summed E-state index contributed by atoms with van der Waals surface area (Å²) in [6.07, 6.45) is 7.57. The Kier molecular flexibility index (Phi) is 10.0. The van der Waals surface area contributed by atoms with Gasteiger partial charge in [-0.25, -0.2) is 0 Å². The maximum atomic E-state index is 13.5. The maximum Gasteiger partial charge on any atom is 0.210 e. The van der Waals surface area contributed by atoms with E-state index in [0.717, 1.165) is 51.8 Å². The Hall–Kier alpha value is -1.63. The zero-order valence-electron chi connectivity index (χ0n) is 19.9. The van der Waals surface area contributed by atoms with Crippen LogP contribution >= 0.6 is 31.9 Å². The molecule has 3 aromatic rings. The number of ether oxygens (including phenoxy) is 1. The number of nitrogens with zero attached hydrogens (tertiary/aromatic N) is 2. The number of carbonyl (C=O) groups excluding carboxylic acids is 1. The zero-order chi connectivity index (χ0) is 23.8. The van der Waals surface area contributed by atoms with Gasteiger partial charge in [-0.2, -0.15) is 0 Å². The summed E-state index contributed by atoms with van der Waals surface area (Å²) in [5.74, 6) is 0.783. The van der Waals surface area contributed by atoms with Crippen LogP contribution in [0.5, 0.6) is 5.75 Å². The second-order valence-corrected chi connectivity index (χ2v) is 9.97. The molecule has 33 heavy (non-hydrogen) atoms. The summed E-state index contributed by atoms with van der Waals surface area (Å²) < 4.78 is 9.85. The van der Waals surface area contributed by atoms with E-state index in [2.05, 4.69) is 57.5 Å². The van der Waals surface area contributed by atoms with E-state index in [1.165, 1.54) is 25.7 Å². The highest BCUT2D eigenvalue weighted by atomic mass is 79.9. The first-order chi connectivity index (χ1) is 16.0. The highest BCUT2D eigenvalue weighted by Gasteiger charge is 2.22. The average molecular weight is 578 g/mol. The van der Waals surface area contributed by atoms with Crippen LogP contribution in [0.1, 0.15) is 68.1 Å². The molecular weight excluding hydrogens is 544 g/mol. The SMILES string of the molecule is CCCCN(CCCC)CCOc1ccc(C(=O)c2c(CC)c(Br)c3ccccn23)cc1Br. The summed E-state index contributed by atoms with van der Waals surface area (Å²) >= 11 is 7.32. The van der Waals surface area contributed by atoms with Crippen LogP contribution in [0, 0.1) is 0 Å². The van der Waals surface area contributed by atoms with Crippen molar-refractivity contribution < 1.29 is 9.53 Å². The number of ketones is 1. The Labute approximate surface area is 214 Å². The molecule has 3 rings (SSSR count). The number of halogens is 2. The minimum atomic E-state index is 0.0105. The number of carbonyl (C=O) groups is 1. The number of rotatable bonds is 13. The summed E-state index contributed by atoms with van der Waals surface area (Å²) in [5, 5.41) is 0. The lowest BCUT2D eigenvalue weighted by Gasteiger charge is -2.22. The van der Waals surface area contributed by atoms with Crippen LogP contribution in [0.15, 0.2) is 51.5 Å². The molecular formula is C27H34Br2N2O2. The lowest BCUT2D eigenvalue weighted by atomic mass is 10.0. The summed E-state index contributed by atoms with van der Waals surface area (Å²) in [6, 6.07) is 11.6. The minimum Gasteiger partial charge on any atom is -0.491 e. The van der Waals surface area contributed by atoms with Crippen molar-refractivity contribution in [2.24, 2.45) is 0 Å². The predicted octanol–water partition coefficient (Wildman–Crippen LogP) is 7.54. The van der Waals surface area contributed by atoms with Crippen molar-refractivity contribution in [2.75, 3.05) is 26.2 Å². The normalized spacial score (nSPS) is 11.5. The van der Waals surface area contributed by atoms with Crippen molar-refractivity contribution in [2.45, 2.75) is 52.9 Å². The van der Waals surface area contributed by atoms with Gasteiger partial charge in [-0.15, -0.1) is 0 Å². The van der Waals surface area contributed by atoms with E-state index >= 15 is 0 Å². The van der Waals surface area contributed by atoms with E-state index < -0.39 is 0 Å². The molecule has 0 fully saturated rings. The molecule has 4 nitrogen and oxygen atoms in total. The highest BCUT2D eigenvalue weighted by Crippen LogP contribution is 2.32. The molecule has 0 saturated carbocycles. The van der Waals surface area contributed by atoms with Crippen LogP contribution in [0.3, 0.4) is 0 Å². The number of hydrogen-bond acceptors (Lipinski definition) is 3. The van der Waals surface area contributed by atoms with Crippen LogP contribution in [-0.2, 0) is 6.42 Å². The first-order valence-electron chi connectivity index (χ1n) is 12.0. The van der Waals surface area contributed by atoms with Gasteiger partial charge in [-0.05, 0) is 100 Å². The van der Waals surface area contributed by atoms with Gasteiger partial charge in [0.2, 0.25) is 5.78 Å². The van der Waals surface area contributed by atoms with Gasteiger partial charge in [0, 0.05) is 22.8 Å². The van der Waals surface area contributed by atoms with Gasteiger partial charge >= 0.3 is 0 Å². The molecule has 0 amide bonds. The molecule has 0 spiro atoms. The molecule has 6 heteroatoms. The van der Waals surface area contributed by atoms with E-state index in [1.54, 1.807) is 0 Å². The number of fused-ring (bicyclic) bond motifs is 1. The molecule has 178 valence electrons. The Morgan fingerprint density at radius 3 is 2.36 bits per heavy atom. The summed E-state index contributed by atoms with van der Waals surface area (Å²) in [4.78, 5) is 16.0. The lowest BCUT2D eigenvalue weighted by molar-refractivity contribution is 0.103. The number of hydrogen-bond donors (Lipinski definition) is 0. The maximum absolute atomic E-state index is 13.5. The van der Waals surface area contributed by atoms with Gasteiger partial charge in [-0.1, -0.05) is 39.7 Å². The number of pyridine rings is 1. The fourth-order valence-electron chi connectivity index (χ4n) is 4.07. The molecule has 0 aliphatic rings. The fourth-order valence-corrected chi connectivity index (χ4v) is 5.35. The van der Waals surface area contributed by atoms with E-state index in [0.29, 0.717) is 17.9 Å². The molecule has 0 aliphatic carbocycles. The third-order valence-electron chi connectivity index (χ3n) is 5.96. The summed E-state index contributed by atoms with van der Waals surface area (Å²) in [7, 11) is 0. The van der Waals surface area contributed by atoms with E-state index in [4.69, 9.17) is 4.74 Å². The van der Waals surface area contributed by atoms with Crippen LogP contribution in [0.4, 0.5) is 0 Å². The van der Waals surface area contributed by atoms with Crippen LogP contribution in [-0.4, -0.2) is 41.3 Å². The van der Waals surface area contributed by atoms with Crippen LogP contribution in [0.2, 0.25) is 0 Å². The first kappa shape index (κ1) is 26.0. The first-order valence-corrected chi connectivity index (χ1v) is 13.6. The third kappa shape index (κ3) is 6.28. The molecule has 0 bridgehead atoms. The molecule has 0 atom stereocenters. The Morgan fingerprint density at radius 2 is 1.73 bits per heavy atom. The van der Waals surface area contributed by atoms with E-state index in [9.17, 15) is 4.79 Å². The van der Waals surface area contributed by atoms with Crippen LogP contribution in [0.25, 0.3) is 5.52 Å². The third-order valence-corrected chi connectivity index (χ3v) is 7.46. The summed E-state index contributed by atoms with van der Waals surface area (Å²) in [6.45, 7) is 10.3. The molecule has 0 saturated heterocycles. The van der Waals surface area contributed by atoms with Gasteiger partial charge in [0.1, 0.15) is 12.4 Å². The average Bonchev–Trinajstić information content (AvgIpc) is 3.12. The second-order valence-electron chi connectivity index (χ2n) is 8.32. The largest absolute Gasteiger partial charge is 0.491 e. The van der Waals surface area contributed by atoms with Gasteiger partial charge in [-0.3, -0.25) is 9.69 Å². The number of benzene rings is 1. The Bertz CT molecular complexity index is 1070. The van der Waals surface area contributed by atoms with Gasteiger partial charge in [0.05, 0.1) is 15.7 Å². The van der Waals surface area contributed by atoms with E-state index in [1.807, 2.05) is 47.0 Å². The summed E-state index contributed by atoms with van der Waals surface area (Å²) in [5.41, 5.74) is 3.39. The second kappa shape index (κ2) is 12.7. The van der Waals surface area contributed by atoms with Crippen LogP contribution < -0.4 is 4.74 Å². The molecule has 0 aliphatic heterocycles. The molecule has 0 N–H and O–H groups in total. The van der Waals surface area contributed by atoms with Crippen molar-refractivity contribution in [3.8, 4) is 5.75 Å². The highest BCUT2D eigenvalue weighted by molar-refractivity contribution is 9.11. The lowest BCUT2D eigenvalue weighted by Crippen LogP contribution is -2.30. The minimum absolute atomic E-state index is 0.0105. The van der Waals surface area contributed by atoms with E-state index in [-0.39, 0.29) is 5.78 Å². The molecule has 0 unspecified atom stereocenters. The standard InChI is InChI=1S/C27H34Br2N2O2/c1-4-7-14-30(15-8-5-2)17-18-33-24-13-12-20(19-22(24)28)27(32)26-21(6-3)25(29)23-11-9-10-16-31(23)26/h9-13,16,19H,4-8,14-15,17-18H2,1-3H3. The predicted molar refractivity (Wildman–Crippen MR) is 144 cm³/mol. The number of unbranched alkanes of at least 4 members (excludes halogenated alkanes) is 2. The smallest absolute Gasteiger partial charge is 0.210 e. The topological polar surface area (TPSA) is 34.0 Å². The van der Waals surface area contributed by atoms with Gasteiger partial charge in [0.25, 0.3) is 0 Å². The van der Waals surface area contributed by atoms with Crippen molar-refractivity contribution in [1.29, 1.82) is 0 Å². The quantitative estimate of drug-likeness (QED) is 0.197. The van der Waals surface area contributed by atoms with Crippen molar-refractivity contribution in [1.82, 2.24) is 9.30 Å².